The highest BCUT2D eigenvalue weighted by Gasteiger charge is 2.60. The van der Waals surface area contributed by atoms with Gasteiger partial charge in [-0.2, -0.15) is 0 Å². The van der Waals surface area contributed by atoms with E-state index < -0.39 is 4.32 Å². The normalized spacial score (nSPS) is 26.4. The van der Waals surface area contributed by atoms with E-state index in [0.29, 0.717) is 6.61 Å². The van der Waals surface area contributed by atoms with Gasteiger partial charge in [-0.1, -0.05) is 28.1 Å². The van der Waals surface area contributed by atoms with Gasteiger partial charge in [0.05, 0.1) is 13.7 Å². The highest BCUT2D eigenvalue weighted by molar-refractivity contribution is 9.10. The Balaban J connectivity index is 2.08. The van der Waals surface area contributed by atoms with E-state index in [2.05, 4.69) is 15.9 Å². The number of rotatable bonds is 4. The molecule has 0 N–H and O–H groups in total. The van der Waals surface area contributed by atoms with Crippen LogP contribution in [0.1, 0.15) is 24.8 Å². The van der Waals surface area contributed by atoms with Gasteiger partial charge in [-0.15, -0.1) is 0 Å². The maximum absolute atomic E-state index is 11.7. The fraction of sp³-hybridized carbons (Fsp3) is 0.462. The molecule has 0 amide bonds. The minimum atomic E-state index is -0.516. The summed E-state index contributed by atoms with van der Waals surface area (Å²) in [6.07, 6.45) is 0.790. The first-order chi connectivity index (χ1) is 8.11. The number of alkyl halides is 1. The molecule has 2 atom stereocenters. The van der Waals surface area contributed by atoms with E-state index in [4.69, 9.17) is 9.47 Å². The molecule has 1 fully saturated rings. The van der Waals surface area contributed by atoms with Crippen molar-refractivity contribution in [2.45, 2.75) is 23.6 Å². The largest absolute Gasteiger partial charge is 0.497 e. The molecule has 0 aliphatic heterocycles. The molecule has 4 heteroatoms. The first-order valence-electron chi connectivity index (χ1n) is 5.62. The van der Waals surface area contributed by atoms with Gasteiger partial charge in [0.25, 0.3) is 0 Å². The second-order valence-electron chi connectivity index (χ2n) is 4.11. The van der Waals surface area contributed by atoms with Crippen LogP contribution in [0.2, 0.25) is 0 Å². The summed E-state index contributed by atoms with van der Waals surface area (Å²) in [6.45, 7) is 2.24. The van der Waals surface area contributed by atoms with E-state index in [9.17, 15) is 4.79 Å². The van der Waals surface area contributed by atoms with E-state index in [0.717, 1.165) is 17.7 Å². The molecule has 0 unspecified atom stereocenters. The van der Waals surface area contributed by atoms with E-state index in [1.165, 1.54) is 0 Å². The van der Waals surface area contributed by atoms with E-state index in [1.807, 2.05) is 31.2 Å². The molecule has 17 heavy (non-hydrogen) atoms. The average molecular weight is 299 g/mol. The van der Waals surface area contributed by atoms with Gasteiger partial charge in [-0.3, -0.25) is 4.79 Å². The lowest BCUT2D eigenvalue weighted by molar-refractivity contribution is -0.143. The van der Waals surface area contributed by atoms with Crippen molar-refractivity contribution in [1.29, 1.82) is 0 Å². The summed E-state index contributed by atoms with van der Waals surface area (Å²) >= 11 is 3.49. The third-order valence-electron chi connectivity index (χ3n) is 3.03. The molecule has 0 spiro atoms. The van der Waals surface area contributed by atoms with Gasteiger partial charge in [0.2, 0.25) is 0 Å². The van der Waals surface area contributed by atoms with Crippen molar-refractivity contribution in [3.63, 3.8) is 0 Å². The summed E-state index contributed by atoms with van der Waals surface area (Å²) in [6, 6.07) is 7.80. The summed E-state index contributed by atoms with van der Waals surface area (Å²) in [7, 11) is 1.64. The monoisotopic (exact) mass is 298 g/mol. The van der Waals surface area contributed by atoms with Crippen LogP contribution < -0.4 is 4.74 Å². The number of hydrogen-bond acceptors (Lipinski definition) is 3. The van der Waals surface area contributed by atoms with Crippen LogP contribution in [-0.2, 0) is 9.53 Å². The van der Waals surface area contributed by atoms with E-state index in [1.54, 1.807) is 7.11 Å². The van der Waals surface area contributed by atoms with Crippen LogP contribution in [0.5, 0.6) is 5.75 Å². The van der Waals surface area contributed by atoms with Crippen molar-refractivity contribution < 1.29 is 14.3 Å². The fourth-order valence-corrected chi connectivity index (χ4v) is 2.64. The second kappa shape index (κ2) is 4.69. The highest BCUT2D eigenvalue weighted by Crippen LogP contribution is 2.58. The molecule has 3 nitrogen and oxygen atoms in total. The Kier molecular flexibility index (Phi) is 3.43. The Hall–Kier alpha value is -1.03. The number of carbonyl (C=O) groups is 1. The molecule has 0 bridgehead atoms. The van der Waals surface area contributed by atoms with Gasteiger partial charge in [0.15, 0.2) is 0 Å². The number of carbonyl (C=O) groups excluding carboxylic acids is 1. The van der Waals surface area contributed by atoms with Gasteiger partial charge in [-0.25, -0.2) is 0 Å². The highest BCUT2D eigenvalue weighted by atomic mass is 79.9. The quantitative estimate of drug-likeness (QED) is 0.633. The summed E-state index contributed by atoms with van der Waals surface area (Å²) < 4.78 is 9.64. The SMILES string of the molecule is CCOC(=O)[C@@]1(Br)C[C@@H]1c1ccc(OC)cc1. The van der Waals surface area contributed by atoms with E-state index in [-0.39, 0.29) is 11.9 Å². The minimum absolute atomic E-state index is 0.166. The third kappa shape index (κ3) is 2.32. The van der Waals surface area contributed by atoms with Gasteiger partial charge < -0.3 is 9.47 Å². The number of esters is 1. The van der Waals surface area contributed by atoms with Crippen LogP contribution in [0.15, 0.2) is 24.3 Å². The van der Waals surface area contributed by atoms with Crippen LogP contribution >= 0.6 is 15.9 Å². The topological polar surface area (TPSA) is 35.5 Å². The molecule has 2 rings (SSSR count). The van der Waals surface area contributed by atoms with Crippen molar-refractivity contribution >= 4 is 21.9 Å². The van der Waals surface area contributed by atoms with Crippen molar-refractivity contribution in [2.75, 3.05) is 13.7 Å². The van der Waals surface area contributed by atoms with Crippen LogP contribution in [0, 0.1) is 0 Å². The molecule has 1 aliphatic carbocycles. The number of methoxy groups -OCH3 is 1. The Morgan fingerprint density at radius 3 is 2.65 bits per heavy atom. The van der Waals surface area contributed by atoms with E-state index >= 15 is 0 Å². The van der Waals surface area contributed by atoms with Crippen LogP contribution in [0.3, 0.4) is 0 Å². The maximum Gasteiger partial charge on any atom is 0.323 e. The lowest BCUT2D eigenvalue weighted by Gasteiger charge is -2.09. The van der Waals surface area contributed by atoms with Gasteiger partial charge >= 0.3 is 5.97 Å². The zero-order chi connectivity index (χ0) is 12.5. The zero-order valence-corrected chi connectivity index (χ0v) is 11.5. The summed E-state index contributed by atoms with van der Waals surface area (Å²) in [4.78, 5) is 11.7. The lowest BCUT2D eigenvalue weighted by Crippen LogP contribution is -2.20. The first kappa shape index (κ1) is 12.4. The fourth-order valence-electron chi connectivity index (χ4n) is 1.93. The van der Waals surface area contributed by atoms with Crippen molar-refractivity contribution in [1.82, 2.24) is 0 Å². The molecule has 0 heterocycles. The Morgan fingerprint density at radius 2 is 2.12 bits per heavy atom. The van der Waals surface area contributed by atoms with Crippen molar-refractivity contribution in [2.24, 2.45) is 0 Å². The molecule has 1 aromatic carbocycles. The van der Waals surface area contributed by atoms with Crippen molar-refractivity contribution in [3.8, 4) is 5.75 Å². The number of halogens is 1. The zero-order valence-electron chi connectivity index (χ0n) is 9.90. The molecule has 1 saturated carbocycles. The predicted octanol–water partition coefficient (Wildman–Crippen LogP) is 2.88. The number of hydrogen-bond donors (Lipinski definition) is 0. The van der Waals surface area contributed by atoms with Gasteiger partial charge in [-0.05, 0) is 31.0 Å². The molecular weight excluding hydrogens is 284 g/mol. The molecule has 1 aromatic rings. The molecule has 0 aromatic heterocycles. The second-order valence-corrected chi connectivity index (χ2v) is 5.53. The van der Waals surface area contributed by atoms with Crippen molar-refractivity contribution in [3.05, 3.63) is 29.8 Å². The minimum Gasteiger partial charge on any atom is -0.497 e. The summed E-state index contributed by atoms with van der Waals surface area (Å²) in [5, 5.41) is 0. The van der Waals surface area contributed by atoms with Gasteiger partial charge in [0.1, 0.15) is 10.1 Å². The standard InChI is InChI=1S/C13H15BrO3/c1-3-17-12(15)13(14)8-11(13)9-4-6-10(16-2)7-5-9/h4-7,11H,3,8H2,1-2H3/t11-,13-/m1/s1. The third-order valence-corrected chi connectivity index (χ3v) is 4.23. The number of benzene rings is 1. The molecular formula is C13H15BrO3. The molecule has 92 valence electrons. The maximum atomic E-state index is 11.7. The predicted molar refractivity (Wildman–Crippen MR) is 68.6 cm³/mol. The van der Waals surface area contributed by atoms with Crippen LogP contribution in [0.25, 0.3) is 0 Å². The Labute approximate surface area is 109 Å². The van der Waals surface area contributed by atoms with Gasteiger partial charge in [0, 0.05) is 5.92 Å². The van der Waals surface area contributed by atoms with Crippen LogP contribution in [-0.4, -0.2) is 24.0 Å². The first-order valence-corrected chi connectivity index (χ1v) is 6.41. The Morgan fingerprint density at radius 1 is 1.47 bits per heavy atom. The summed E-state index contributed by atoms with van der Waals surface area (Å²) in [5.74, 6) is 0.860. The number of ether oxygens (including phenoxy) is 2. The Bertz CT molecular complexity index is 415. The van der Waals surface area contributed by atoms with Crippen LogP contribution in [0.4, 0.5) is 0 Å². The smallest absolute Gasteiger partial charge is 0.323 e. The molecule has 1 aliphatic rings. The molecule has 0 radical (unpaired) electrons. The lowest BCUT2D eigenvalue weighted by atomic mass is 10.1. The average Bonchev–Trinajstić information content (AvgIpc) is 3.04. The molecule has 0 saturated heterocycles. The summed E-state index contributed by atoms with van der Waals surface area (Å²) in [5.41, 5.74) is 1.13.